The SMILES string of the molecule is CCN(CCc1ccccc1)C(C)CCC(C#N)(c1ccc(F)cc1)C1CCCC1. The normalized spacial score (nSPS) is 17.6. The highest BCUT2D eigenvalue weighted by atomic mass is 19.1. The molecule has 0 saturated heterocycles. The van der Waals surface area contributed by atoms with Gasteiger partial charge in [-0.05, 0) is 74.8 Å². The van der Waals surface area contributed by atoms with E-state index in [0.717, 1.165) is 50.8 Å². The lowest BCUT2D eigenvalue weighted by Gasteiger charge is -2.36. The maximum absolute atomic E-state index is 13.6. The smallest absolute Gasteiger partial charge is 0.123 e. The molecule has 2 aromatic carbocycles. The van der Waals surface area contributed by atoms with E-state index in [1.165, 1.54) is 30.5 Å². The van der Waals surface area contributed by atoms with Gasteiger partial charge >= 0.3 is 0 Å². The number of likely N-dealkylation sites (N-methyl/N-ethyl adjacent to an activating group) is 1. The second-order valence-corrected chi connectivity index (χ2v) is 8.82. The first-order chi connectivity index (χ1) is 14.6. The van der Waals surface area contributed by atoms with E-state index < -0.39 is 5.41 Å². The Labute approximate surface area is 181 Å². The molecule has 1 aliphatic carbocycles. The van der Waals surface area contributed by atoms with Crippen LogP contribution in [0.2, 0.25) is 0 Å². The Morgan fingerprint density at radius 2 is 1.77 bits per heavy atom. The molecule has 30 heavy (non-hydrogen) atoms. The summed E-state index contributed by atoms with van der Waals surface area (Å²) in [5.74, 6) is 0.142. The topological polar surface area (TPSA) is 27.0 Å². The molecule has 0 heterocycles. The van der Waals surface area contributed by atoms with Gasteiger partial charge in [0, 0.05) is 12.6 Å². The van der Waals surface area contributed by atoms with Crippen molar-refractivity contribution in [1.82, 2.24) is 4.90 Å². The molecule has 2 aromatic rings. The second-order valence-electron chi connectivity index (χ2n) is 8.82. The molecule has 0 N–H and O–H groups in total. The van der Waals surface area contributed by atoms with Crippen molar-refractivity contribution in [1.29, 1.82) is 5.26 Å². The maximum atomic E-state index is 13.6. The molecular weight excluding hydrogens is 371 g/mol. The van der Waals surface area contributed by atoms with E-state index in [1.807, 2.05) is 12.1 Å². The monoisotopic (exact) mass is 406 g/mol. The number of hydrogen-bond acceptors (Lipinski definition) is 2. The first-order valence-corrected chi connectivity index (χ1v) is 11.5. The minimum atomic E-state index is -0.503. The number of rotatable bonds is 10. The summed E-state index contributed by atoms with van der Waals surface area (Å²) in [6.07, 6.45) is 7.46. The minimum Gasteiger partial charge on any atom is -0.301 e. The van der Waals surface area contributed by atoms with E-state index >= 15 is 0 Å². The van der Waals surface area contributed by atoms with Crippen molar-refractivity contribution in [3.8, 4) is 6.07 Å². The Bertz CT molecular complexity index is 805. The van der Waals surface area contributed by atoms with Crippen LogP contribution in [0.5, 0.6) is 0 Å². The summed E-state index contributed by atoms with van der Waals surface area (Å²) in [6.45, 7) is 6.54. The number of benzene rings is 2. The van der Waals surface area contributed by atoms with Gasteiger partial charge in [0.15, 0.2) is 0 Å². The van der Waals surface area contributed by atoms with Gasteiger partial charge in [-0.25, -0.2) is 4.39 Å². The molecule has 0 bridgehead atoms. The first-order valence-electron chi connectivity index (χ1n) is 11.5. The van der Waals surface area contributed by atoms with Gasteiger partial charge in [-0.2, -0.15) is 5.26 Å². The molecule has 1 aliphatic rings. The van der Waals surface area contributed by atoms with Crippen LogP contribution in [0.25, 0.3) is 0 Å². The minimum absolute atomic E-state index is 0.233. The summed E-state index contributed by atoms with van der Waals surface area (Å²) in [5, 5.41) is 10.4. The standard InChI is InChI=1S/C27H35FN2/c1-3-30(20-18-23-9-5-4-6-10-23)22(2)17-19-27(21-29,24-11-7-8-12-24)25-13-15-26(28)16-14-25/h4-6,9-10,13-16,22,24H,3,7-8,11-12,17-20H2,1-2H3. The predicted molar refractivity (Wildman–Crippen MR) is 122 cm³/mol. The molecule has 0 aromatic heterocycles. The van der Waals surface area contributed by atoms with E-state index in [4.69, 9.17) is 0 Å². The van der Waals surface area contributed by atoms with Crippen molar-refractivity contribution in [2.45, 2.75) is 70.3 Å². The summed E-state index contributed by atoms with van der Waals surface area (Å²) in [5.41, 5.74) is 1.86. The molecule has 3 heteroatoms. The van der Waals surface area contributed by atoms with Crippen LogP contribution in [0.15, 0.2) is 54.6 Å². The van der Waals surface area contributed by atoms with Gasteiger partial charge in [-0.15, -0.1) is 0 Å². The van der Waals surface area contributed by atoms with Crippen LogP contribution in [0.4, 0.5) is 4.39 Å². The number of halogens is 1. The predicted octanol–water partition coefficient (Wildman–Crippen LogP) is 6.51. The molecular formula is C27H35FN2. The zero-order valence-electron chi connectivity index (χ0n) is 18.5. The Morgan fingerprint density at radius 1 is 1.10 bits per heavy atom. The Balaban J connectivity index is 1.70. The molecule has 1 fully saturated rings. The average molecular weight is 407 g/mol. The molecule has 3 rings (SSSR count). The van der Waals surface area contributed by atoms with E-state index in [0.29, 0.717) is 12.0 Å². The summed E-state index contributed by atoms with van der Waals surface area (Å²) >= 11 is 0. The van der Waals surface area contributed by atoms with Crippen LogP contribution in [0.1, 0.15) is 63.5 Å². The second kappa shape index (κ2) is 10.7. The fourth-order valence-corrected chi connectivity index (χ4v) is 5.19. The highest BCUT2D eigenvalue weighted by molar-refractivity contribution is 5.34. The van der Waals surface area contributed by atoms with Crippen molar-refractivity contribution in [2.75, 3.05) is 13.1 Å². The van der Waals surface area contributed by atoms with Crippen LogP contribution in [0.3, 0.4) is 0 Å². The zero-order valence-corrected chi connectivity index (χ0v) is 18.5. The third-order valence-corrected chi connectivity index (χ3v) is 7.13. The molecule has 0 aliphatic heterocycles. The van der Waals surface area contributed by atoms with E-state index in [9.17, 15) is 9.65 Å². The lowest BCUT2D eigenvalue weighted by Crippen LogP contribution is -2.38. The van der Waals surface area contributed by atoms with E-state index in [-0.39, 0.29) is 5.82 Å². The summed E-state index contributed by atoms with van der Waals surface area (Å²) < 4.78 is 13.6. The van der Waals surface area contributed by atoms with Crippen LogP contribution >= 0.6 is 0 Å². The van der Waals surface area contributed by atoms with Crippen molar-refractivity contribution in [3.05, 3.63) is 71.5 Å². The van der Waals surface area contributed by atoms with Gasteiger partial charge in [0.2, 0.25) is 0 Å². The van der Waals surface area contributed by atoms with Gasteiger partial charge < -0.3 is 4.90 Å². The highest BCUT2D eigenvalue weighted by Crippen LogP contribution is 2.45. The van der Waals surface area contributed by atoms with E-state index in [1.54, 1.807) is 0 Å². The quantitative estimate of drug-likeness (QED) is 0.450. The molecule has 1 saturated carbocycles. The van der Waals surface area contributed by atoms with Crippen LogP contribution < -0.4 is 0 Å². The van der Waals surface area contributed by atoms with E-state index in [2.05, 4.69) is 55.1 Å². The molecule has 2 atom stereocenters. The molecule has 0 radical (unpaired) electrons. The number of hydrogen-bond donors (Lipinski definition) is 0. The molecule has 160 valence electrons. The Kier molecular flexibility index (Phi) is 8.05. The van der Waals surface area contributed by atoms with Gasteiger partial charge in [0.1, 0.15) is 5.82 Å². The van der Waals surface area contributed by atoms with Crippen molar-refractivity contribution in [2.24, 2.45) is 5.92 Å². The Morgan fingerprint density at radius 3 is 2.37 bits per heavy atom. The summed E-state index contributed by atoms with van der Waals surface area (Å²) in [6, 6.07) is 20.5. The molecule has 2 unspecified atom stereocenters. The first kappa shape index (κ1) is 22.5. The highest BCUT2D eigenvalue weighted by Gasteiger charge is 2.42. The lowest BCUT2D eigenvalue weighted by molar-refractivity contribution is 0.192. The molecule has 0 spiro atoms. The Hall–Kier alpha value is -2.18. The van der Waals surface area contributed by atoms with Gasteiger partial charge in [-0.3, -0.25) is 0 Å². The number of nitrogens with zero attached hydrogens (tertiary/aromatic N) is 2. The van der Waals surface area contributed by atoms with Crippen molar-refractivity contribution in [3.63, 3.8) is 0 Å². The molecule has 2 nitrogen and oxygen atoms in total. The third-order valence-electron chi connectivity index (χ3n) is 7.13. The lowest BCUT2D eigenvalue weighted by atomic mass is 9.67. The van der Waals surface area contributed by atoms with Crippen LogP contribution in [-0.4, -0.2) is 24.0 Å². The van der Waals surface area contributed by atoms with Crippen LogP contribution in [-0.2, 0) is 11.8 Å². The largest absolute Gasteiger partial charge is 0.301 e. The van der Waals surface area contributed by atoms with Crippen molar-refractivity contribution >= 4 is 0 Å². The summed E-state index contributed by atoms with van der Waals surface area (Å²) in [4.78, 5) is 2.52. The van der Waals surface area contributed by atoms with Crippen LogP contribution in [0, 0.1) is 23.1 Å². The summed E-state index contributed by atoms with van der Waals surface area (Å²) in [7, 11) is 0. The van der Waals surface area contributed by atoms with Crippen molar-refractivity contribution < 1.29 is 4.39 Å². The average Bonchev–Trinajstić information content (AvgIpc) is 3.32. The fraction of sp³-hybridized carbons (Fsp3) is 0.519. The van der Waals surface area contributed by atoms with Gasteiger partial charge in [0.05, 0.1) is 11.5 Å². The molecule has 0 amide bonds. The fourth-order valence-electron chi connectivity index (χ4n) is 5.19. The zero-order chi connectivity index (χ0) is 21.4. The van der Waals surface area contributed by atoms with Gasteiger partial charge in [0.25, 0.3) is 0 Å². The van der Waals surface area contributed by atoms with Gasteiger partial charge in [-0.1, -0.05) is 62.2 Å². The third kappa shape index (κ3) is 5.29. The maximum Gasteiger partial charge on any atom is 0.123 e. The number of nitriles is 1.